The van der Waals surface area contributed by atoms with Gasteiger partial charge in [0.2, 0.25) is 5.44 Å². The van der Waals surface area contributed by atoms with Crippen LogP contribution in [0.25, 0.3) is 0 Å². The average Bonchev–Trinajstić information content (AvgIpc) is 1.90. The molecule has 1 rings (SSSR count). The van der Waals surface area contributed by atoms with Gasteiger partial charge in [-0.3, -0.25) is 0 Å². The number of rotatable bonds is 1. The Morgan fingerprint density at radius 1 is 1.33 bits per heavy atom. The Morgan fingerprint density at radius 2 is 2.11 bits per heavy atom. The maximum Gasteiger partial charge on any atom is 0.217 e. The zero-order chi connectivity index (χ0) is 6.69. The van der Waals surface area contributed by atoms with E-state index in [9.17, 15) is 0 Å². The standard InChI is InChI=1S/C7H15OS/c1-9(2)7-5-3-4-6-8-7/h7H,3-6H2,1-2H3/q+1. The van der Waals surface area contributed by atoms with Gasteiger partial charge in [-0.25, -0.2) is 0 Å². The van der Waals surface area contributed by atoms with Crippen molar-refractivity contribution in [1.82, 2.24) is 0 Å². The third-order valence-corrected chi connectivity index (χ3v) is 3.09. The maximum atomic E-state index is 5.55. The minimum atomic E-state index is 0.476. The van der Waals surface area contributed by atoms with E-state index < -0.39 is 0 Å². The molecule has 0 saturated carbocycles. The highest BCUT2D eigenvalue weighted by molar-refractivity contribution is 7.95. The summed E-state index contributed by atoms with van der Waals surface area (Å²) in [6.07, 6.45) is 8.45. The Hall–Kier alpha value is 0.310. The Morgan fingerprint density at radius 3 is 2.44 bits per heavy atom. The van der Waals surface area contributed by atoms with E-state index in [2.05, 4.69) is 12.5 Å². The van der Waals surface area contributed by atoms with Crippen molar-refractivity contribution in [3.8, 4) is 0 Å². The van der Waals surface area contributed by atoms with Gasteiger partial charge in [0, 0.05) is 17.3 Å². The molecular formula is C7H15OS+. The summed E-state index contributed by atoms with van der Waals surface area (Å²) in [5, 5.41) is 0. The van der Waals surface area contributed by atoms with Gasteiger partial charge >= 0.3 is 0 Å². The van der Waals surface area contributed by atoms with Gasteiger partial charge < -0.3 is 4.74 Å². The van der Waals surface area contributed by atoms with Crippen LogP contribution < -0.4 is 0 Å². The van der Waals surface area contributed by atoms with E-state index in [1.54, 1.807) is 0 Å². The molecule has 1 unspecified atom stereocenters. The molecule has 1 heterocycles. The molecule has 1 aliphatic heterocycles. The van der Waals surface area contributed by atoms with Crippen LogP contribution in [0.2, 0.25) is 0 Å². The predicted molar refractivity (Wildman–Crippen MR) is 42.8 cm³/mol. The van der Waals surface area contributed by atoms with E-state index in [0.29, 0.717) is 16.3 Å². The molecule has 0 spiro atoms. The molecule has 0 N–H and O–H groups in total. The van der Waals surface area contributed by atoms with Crippen molar-refractivity contribution in [1.29, 1.82) is 0 Å². The van der Waals surface area contributed by atoms with Crippen LogP contribution in [0.15, 0.2) is 0 Å². The lowest BCUT2D eigenvalue weighted by Crippen LogP contribution is -2.26. The average molecular weight is 147 g/mol. The lowest BCUT2D eigenvalue weighted by atomic mass is 10.2. The molecule has 9 heavy (non-hydrogen) atoms. The molecule has 1 aliphatic rings. The van der Waals surface area contributed by atoms with E-state index in [-0.39, 0.29) is 0 Å². The number of ether oxygens (including phenoxy) is 1. The van der Waals surface area contributed by atoms with Crippen LogP contribution in [0.1, 0.15) is 19.3 Å². The summed E-state index contributed by atoms with van der Waals surface area (Å²) >= 11 is 0. The first kappa shape index (κ1) is 7.42. The fraction of sp³-hybridized carbons (Fsp3) is 1.00. The molecule has 1 atom stereocenters. The van der Waals surface area contributed by atoms with Crippen LogP contribution in [0, 0.1) is 0 Å². The van der Waals surface area contributed by atoms with Gasteiger partial charge in [-0.15, -0.1) is 0 Å². The fourth-order valence-corrected chi connectivity index (χ4v) is 2.09. The van der Waals surface area contributed by atoms with Crippen molar-refractivity contribution in [2.45, 2.75) is 24.7 Å². The quantitative estimate of drug-likeness (QED) is 0.509. The van der Waals surface area contributed by atoms with Gasteiger partial charge in [0.15, 0.2) is 0 Å². The number of hydrogen-bond acceptors (Lipinski definition) is 1. The minimum absolute atomic E-state index is 0.476. The van der Waals surface area contributed by atoms with Gasteiger partial charge in [-0.1, -0.05) is 0 Å². The van der Waals surface area contributed by atoms with E-state index in [0.717, 1.165) is 6.61 Å². The van der Waals surface area contributed by atoms with Crippen LogP contribution >= 0.6 is 0 Å². The molecule has 0 aromatic carbocycles. The summed E-state index contributed by atoms with van der Waals surface area (Å²) in [6, 6.07) is 0. The van der Waals surface area contributed by atoms with Gasteiger partial charge in [0.25, 0.3) is 0 Å². The first-order valence-corrected chi connectivity index (χ1v) is 5.59. The Balaban J connectivity index is 2.23. The third kappa shape index (κ3) is 2.18. The van der Waals surface area contributed by atoms with Gasteiger partial charge in [0.1, 0.15) is 0 Å². The SMILES string of the molecule is C[S+](C)C1CCCCO1. The molecule has 1 fully saturated rings. The molecule has 0 aliphatic carbocycles. The van der Waals surface area contributed by atoms with Crippen LogP contribution in [0.5, 0.6) is 0 Å². The van der Waals surface area contributed by atoms with E-state index in [1.807, 2.05) is 0 Å². The molecular weight excluding hydrogens is 132 g/mol. The van der Waals surface area contributed by atoms with Crippen LogP contribution in [-0.4, -0.2) is 24.6 Å². The largest absolute Gasteiger partial charge is 0.334 e. The molecule has 0 aromatic rings. The van der Waals surface area contributed by atoms with E-state index in [4.69, 9.17) is 4.74 Å². The van der Waals surface area contributed by atoms with E-state index in [1.165, 1.54) is 19.3 Å². The topological polar surface area (TPSA) is 9.23 Å². The first-order valence-electron chi connectivity index (χ1n) is 3.48. The van der Waals surface area contributed by atoms with Crippen molar-refractivity contribution in [2.24, 2.45) is 0 Å². The molecule has 0 bridgehead atoms. The fourth-order valence-electron chi connectivity index (χ4n) is 1.08. The second-order valence-electron chi connectivity index (χ2n) is 2.68. The van der Waals surface area contributed by atoms with E-state index >= 15 is 0 Å². The first-order chi connectivity index (χ1) is 4.30. The van der Waals surface area contributed by atoms with Crippen LogP contribution in [-0.2, 0) is 15.6 Å². The number of hydrogen-bond donors (Lipinski definition) is 0. The normalized spacial score (nSPS) is 29.0. The predicted octanol–water partition coefficient (Wildman–Crippen LogP) is 1.39. The highest BCUT2D eigenvalue weighted by Crippen LogP contribution is 2.16. The molecule has 1 nitrogen and oxygen atoms in total. The summed E-state index contributed by atoms with van der Waals surface area (Å²) in [6.45, 7) is 0.996. The van der Waals surface area contributed by atoms with Gasteiger partial charge in [-0.05, 0) is 12.8 Å². The lowest BCUT2D eigenvalue weighted by Gasteiger charge is -2.18. The molecule has 54 valence electrons. The highest BCUT2D eigenvalue weighted by Gasteiger charge is 2.23. The molecule has 1 saturated heterocycles. The molecule has 2 heteroatoms. The van der Waals surface area contributed by atoms with Crippen molar-refractivity contribution in [3.63, 3.8) is 0 Å². The van der Waals surface area contributed by atoms with Crippen molar-refractivity contribution >= 4 is 10.9 Å². The molecule has 0 amide bonds. The maximum absolute atomic E-state index is 5.55. The Bertz CT molecular complexity index is 77.0. The monoisotopic (exact) mass is 147 g/mol. The summed E-state index contributed by atoms with van der Waals surface area (Å²) in [5.41, 5.74) is 0.582. The van der Waals surface area contributed by atoms with Gasteiger partial charge in [0.05, 0.1) is 19.1 Å². The summed E-state index contributed by atoms with van der Waals surface area (Å²) < 4.78 is 5.55. The summed E-state index contributed by atoms with van der Waals surface area (Å²) in [5.74, 6) is 0. The highest BCUT2D eigenvalue weighted by atomic mass is 32.2. The Labute approximate surface area is 60.1 Å². The summed E-state index contributed by atoms with van der Waals surface area (Å²) in [7, 11) is 0.476. The smallest absolute Gasteiger partial charge is 0.217 e. The zero-order valence-electron chi connectivity index (χ0n) is 6.22. The molecule has 0 aromatic heterocycles. The van der Waals surface area contributed by atoms with Crippen LogP contribution in [0.4, 0.5) is 0 Å². The third-order valence-electron chi connectivity index (χ3n) is 1.66. The molecule has 0 radical (unpaired) electrons. The van der Waals surface area contributed by atoms with Crippen molar-refractivity contribution < 1.29 is 4.74 Å². The van der Waals surface area contributed by atoms with Crippen molar-refractivity contribution in [2.75, 3.05) is 19.1 Å². The zero-order valence-corrected chi connectivity index (χ0v) is 7.04. The summed E-state index contributed by atoms with van der Waals surface area (Å²) in [4.78, 5) is 0. The van der Waals surface area contributed by atoms with Crippen molar-refractivity contribution in [3.05, 3.63) is 0 Å². The Kier molecular flexibility index (Phi) is 2.86. The minimum Gasteiger partial charge on any atom is -0.334 e. The van der Waals surface area contributed by atoms with Crippen LogP contribution in [0.3, 0.4) is 0 Å². The second-order valence-corrected chi connectivity index (χ2v) is 4.96. The second kappa shape index (κ2) is 3.47. The van der Waals surface area contributed by atoms with Gasteiger partial charge in [-0.2, -0.15) is 0 Å². The lowest BCUT2D eigenvalue weighted by molar-refractivity contribution is 0.0711.